The quantitative estimate of drug-likeness (QED) is 0.651. The molecule has 0 spiro atoms. The van der Waals surface area contributed by atoms with Crippen molar-refractivity contribution in [3.8, 4) is 6.07 Å². The van der Waals surface area contributed by atoms with E-state index in [1.165, 1.54) is 6.07 Å². The molecule has 1 fully saturated rings. The number of aromatic nitrogens is 1. The number of benzene rings is 1. The van der Waals surface area contributed by atoms with E-state index in [2.05, 4.69) is 15.2 Å². The molecule has 1 aromatic carbocycles. The first kappa shape index (κ1) is 17.6. The Labute approximate surface area is 151 Å². The minimum absolute atomic E-state index is 0.0626. The lowest BCUT2D eigenvalue weighted by atomic mass is 10.1. The van der Waals surface area contributed by atoms with Gasteiger partial charge in [0.2, 0.25) is 0 Å². The number of rotatable bonds is 5. The highest BCUT2D eigenvalue weighted by Crippen LogP contribution is 2.28. The van der Waals surface area contributed by atoms with Gasteiger partial charge in [0.05, 0.1) is 29.8 Å². The van der Waals surface area contributed by atoms with E-state index in [0.717, 1.165) is 24.5 Å². The summed E-state index contributed by atoms with van der Waals surface area (Å²) in [6.07, 6.45) is 1.79. The SMILES string of the molecule is Cc1c(NCc2ccc(N3CCOCC3)nc2)cc(C#N)cc1[N+](=O)[O-]. The highest BCUT2D eigenvalue weighted by atomic mass is 16.6. The van der Waals surface area contributed by atoms with Crippen molar-refractivity contribution in [3.05, 3.63) is 57.3 Å². The van der Waals surface area contributed by atoms with Crippen molar-refractivity contribution in [1.29, 1.82) is 5.26 Å². The lowest BCUT2D eigenvalue weighted by Crippen LogP contribution is -2.36. The van der Waals surface area contributed by atoms with Gasteiger partial charge in [0, 0.05) is 43.1 Å². The van der Waals surface area contributed by atoms with Crippen LogP contribution >= 0.6 is 0 Å². The molecule has 0 unspecified atom stereocenters. The van der Waals surface area contributed by atoms with Crippen LogP contribution in [0.2, 0.25) is 0 Å². The molecular formula is C18H19N5O3. The summed E-state index contributed by atoms with van der Waals surface area (Å²) in [7, 11) is 0. The van der Waals surface area contributed by atoms with Crippen molar-refractivity contribution in [3.63, 3.8) is 0 Å². The van der Waals surface area contributed by atoms with Crippen LogP contribution in [0.5, 0.6) is 0 Å². The summed E-state index contributed by atoms with van der Waals surface area (Å²) in [6.45, 7) is 5.20. The second-order valence-electron chi connectivity index (χ2n) is 6.01. The van der Waals surface area contributed by atoms with Crippen LogP contribution < -0.4 is 10.2 Å². The number of pyridine rings is 1. The Morgan fingerprint density at radius 1 is 1.38 bits per heavy atom. The number of morpholine rings is 1. The van der Waals surface area contributed by atoms with Crippen LogP contribution in [0.25, 0.3) is 0 Å². The Kier molecular flexibility index (Phi) is 5.29. The third kappa shape index (κ3) is 3.90. The molecule has 0 saturated carbocycles. The lowest BCUT2D eigenvalue weighted by Gasteiger charge is -2.27. The molecule has 1 aliphatic heterocycles. The van der Waals surface area contributed by atoms with Crippen molar-refractivity contribution in [2.75, 3.05) is 36.5 Å². The van der Waals surface area contributed by atoms with Gasteiger partial charge in [-0.1, -0.05) is 6.07 Å². The summed E-state index contributed by atoms with van der Waals surface area (Å²) < 4.78 is 5.34. The molecule has 1 N–H and O–H groups in total. The minimum Gasteiger partial charge on any atom is -0.380 e. The Morgan fingerprint density at radius 3 is 2.77 bits per heavy atom. The first-order valence-electron chi connectivity index (χ1n) is 8.29. The maximum absolute atomic E-state index is 11.1. The van der Waals surface area contributed by atoms with Crippen LogP contribution in [0.15, 0.2) is 30.5 Å². The van der Waals surface area contributed by atoms with Gasteiger partial charge in [-0.15, -0.1) is 0 Å². The monoisotopic (exact) mass is 353 g/mol. The van der Waals surface area contributed by atoms with Crippen LogP contribution in [-0.2, 0) is 11.3 Å². The molecule has 0 amide bonds. The Hall–Kier alpha value is -3.18. The number of ether oxygens (including phenoxy) is 1. The van der Waals surface area contributed by atoms with E-state index in [0.29, 0.717) is 31.0 Å². The van der Waals surface area contributed by atoms with Crippen molar-refractivity contribution < 1.29 is 9.66 Å². The topological polar surface area (TPSA) is 104 Å². The number of hydrogen-bond acceptors (Lipinski definition) is 7. The zero-order valence-electron chi connectivity index (χ0n) is 14.4. The minimum atomic E-state index is -0.472. The largest absolute Gasteiger partial charge is 0.380 e. The first-order valence-corrected chi connectivity index (χ1v) is 8.29. The number of nitro benzene ring substituents is 1. The maximum Gasteiger partial charge on any atom is 0.275 e. The van der Waals surface area contributed by atoms with Gasteiger partial charge in [-0.2, -0.15) is 5.26 Å². The van der Waals surface area contributed by atoms with Crippen LogP contribution in [-0.4, -0.2) is 36.2 Å². The number of anilines is 2. The predicted octanol–water partition coefficient (Wildman–Crippen LogP) is 2.62. The fourth-order valence-corrected chi connectivity index (χ4v) is 2.83. The summed E-state index contributed by atoms with van der Waals surface area (Å²) in [4.78, 5) is 17.3. The summed E-state index contributed by atoms with van der Waals surface area (Å²) in [6, 6.07) is 8.81. The second-order valence-corrected chi connectivity index (χ2v) is 6.01. The summed E-state index contributed by atoms with van der Waals surface area (Å²) in [5, 5.41) is 23.4. The summed E-state index contributed by atoms with van der Waals surface area (Å²) in [5.41, 5.74) is 2.23. The average molecular weight is 353 g/mol. The van der Waals surface area contributed by atoms with Crippen LogP contribution in [0, 0.1) is 28.4 Å². The molecule has 8 nitrogen and oxygen atoms in total. The third-order valence-electron chi connectivity index (χ3n) is 4.33. The average Bonchev–Trinajstić information content (AvgIpc) is 2.68. The maximum atomic E-state index is 11.1. The van der Waals surface area contributed by atoms with Crippen molar-refractivity contribution >= 4 is 17.2 Å². The van der Waals surface area contributed by atoms with E-state index >= 15 is 0 Å². The number of nitro groups is 1. The van der Waals surface area contributed by atoms with Crippen molar-refractivity contribution in [1.82, 2.24) is 4.98 Å². The predicted molar refractivity (Wildman–Crippen MR) is 97.1 cm³/mol. The van der Waals surface area contributed by atoms with E-state index in [9.17, 15) is 10.1 Å². The van der Waals surface area contributed by atoms with Gasteiger partial charge in [-0.25, -0.2) is 4.98 Å². The molecule has 0 aliphatic carbocycles. The number of nitrogens with zero attached hydrogens (tertiary/aromatic N) is 4. The zero-order valence-corrected chi connectivity index (χ0v) is 14.4. The van der Waals surface area contributed by atoms with E-state index in [4.69, 9.17) is 10.00 Å². The molecule has 2 heterocycles. The third-order valence-corrected chi connectivity index (χ3v) is 4.33. The van der Waals surface area contributed by atoms with Gasteiger partial charge in [0.25, 0.3) is 5.69 Å². The van der Waals surface area contributed by atoms with E-state index in [-0.39, 0.29) is 11.3 Å². The molecule has 0 bridgehead atoms. The van der Waals surface area contributed by atoms with Gasteiger partial charge in [-0.3, -0.25) is 10.1 Å². The molecule has 3 rings (SSSR count). The van der Waals surface area contributed by atoms with Crippen LogP contribution in [0.1, 0.15) is 16.7 Å². The summed E-state index contributed by atoms with van der Waals surface area (Å²) >= 11 is 0. The number of nitrogens with one attached hydrogen (secondary N) is 1. The Bertz CT molecular complexity index is 839. The number of hydrogen-bond donors (Lipinski definition) is 1. The summed E-state index contributed by atoms with van der Waals surface area (Å²) in [5.74, 6) is 0.912. The van der Waals surface area contributed by atoms with Crippen molar-refractivity contribution in [2.45, 2.75) is 13.5 Å². The Morgan fingerprint density at radius 2 is 2.15 bits per heavy atom. The van der Waals surface area contributed by atoms with E-state index < -0.39 is 4.92 Å². The van der Waals surface area contributed by atoms with Gasteiger partial charge in [0.1, 0.15) is 5.82 Å². The molecule has 1 saturated heterocycles. The fourth-order valence-electron chi connectivity index (χ4n) is 2.83. The van der Waals surface area contributed by atoms with Gasteiger partial charge in [-0.05, 0) is 24.6 Å². The molecular weight excluding hydrogens is 334 g/mol. The zero-order chi connectivity index (χ0) is 18.5. The first-order chi connectivity index (χ1) is 12.6. The molecule has 1 aromatic heterocycles. The molecule has 8 heteroatoms. The van der Waals surface area contributed by atoms with E-state index in [1.54, 1.807) is 19.2 Å². The molecule has 1 aliphatic rings. The smallest absolute Gasteiger partial charge is 0.275 e. The van der Waals surface area contributed by atoms with E-state index in [1.807, 2.05) is 18.2 Å². The highest BCUT2D eigenvalue weighted by molar-refractivity contribution is 5.64. The van der Waals surface area contributed by atoms with Gasteiger partial charge >= 0.3 is 0 Å². The molecule has 134 valence electrons. The number of nitriles is 1. The van der Waals surface area contributed by atoms with Gasteiger partial charge < -0.3 is 15.0 Å². The highest BCUT2D eigenvalue weighted by Gasteiger charge is 2.16. The second kappa shape index (κ2) is 7.80. The standard InChI is InChI=1S/C18H19N5O3/c1-13-16(8-15(10-19)9-17(13)23(24)25)20-11-14-2-3-18(21-12-14)22-4-6-26-7-5-22/h2-3,8-9,12,20H,4-7,11H2,1H3. The van der Waals surface area contributed by atoms with Crippen molar-refractivity contribution in [2.24, 2.45) is 0 Å². The Balaban J connectivity index is 1.72. The lowest BCUT2D eigenvalue weighted by molar-refractivity contribution is -0.385. The fraction of sp³-hybridized carbons (Fsp3) is 0.333. The van der Waals surface area contributed by atoms with Crippen LogP contribution in [0.3, 0.4) is 0 Å². The van der Waals surface area contributed by atoms with Gasteiger partial charge in [0.15, 0.2) is 0 Å². The molecule has 26 heavy (non-hydrogen) atoms. The molecule has 2 aromatic rings. The molecule has 0 radical (unpaired) electrons. The van der Waals surface area contributed by atoms with Crippen LogP contribution in [0.4, 0.5) is 17.2 Å². The molecule has 0 atom stereocenters. The normalized spacial score (nSPS) is 13.9.